The molecule has 0 spiro atoms. The number of rotatable bonds is 5. The Morgan fingerprint density at radius 1 is 1.25 bits per heavy atom. The normalized spacial score (nSPS) is 10.6. The second-order valence-corrected chi connectivity index (χ2v) is 6.67. The quantitative estimate of drug-likeness (QED) is 0.550. The maximum absolute atomic E-state index is 12.7. The molecule has 4 rings (SSSR count). The maximum Gasteiger partial charge on any atom is 0.263 e. The van der Waals surface area contributed by atoms with Gasteiger partial charge in [0.15, 0.2) is 10.9 Å². The van der Waals surface area contributed by atoms with E-state index >= 15 is 0 Å². The number of pyridine rings is 2. The number of hydrogen-bond donors (Lipinski definition) is 1. The van der Waals surface area contributed by atoms with Crippen LogP contribution in [-0.4, -0.2) is 33.1 Å². The van der Waals surface area contributed by atoms with E-state index in [1.54, 1.807) is 24.5 Å². The SMILES string of the molecule is COc1cc(-c2oncc2C(=O)Nc2nc(-c3ncccc3C)cs2)ccn1. The molecule has 140 valence electrons. The second-order valence-electron chi connectivity index (χ2n) is 5.82. The third-order valence-electron chi connectivity index (χ3n) is 4.00. The molecule has 0 aliphatic heterocycles. The molecule has 0 saturated heterocycles. The summed E-state index contributed by atoms with van der Waals surface area (Å²) >= 11 is 1.32. The zero-order chi connectivity index (χ0) is 19.5. The van der Waals surface area contributed by atoms with Crippen LogP contribution in [0.4, 0.5) is 5.13 Å². The molecular formula is C19H15N5O3S. The Morgan fingerprint density at radius 2 is 2.14 bits per heavy atom. The van der Waals surface area contributed by atoms with Crippen molar-refractivity contribution in [1.29, 1.82) is 0 Å². The van der Waals surface area contributed by atoms with Crippen LogP contribution < -0.4 is 10.1 Å². The van der Waals surface area contributed by atoms with Crippen LogP contribution in [0.25, 0.3) is 22.7 Å². The highest BCUT2D eigenvalue weighted by Gasteiger charge is 2.20. The number of anilines is 1. The van der Waals surface area contributed by atoms with Crippen LogP contribution >= 0.6 is 11.3 Å². The average Bonchev–Trinajstić information content (AvgIpc) is 3.38. The maximum atomic E-state index is 12.7. The molecule has 0 aliphatic rings. The van der Waals surface area contributed by atoms with Crippen LogP contribution in [0.5, 0.6) is 5.88 Å². The minimum Gasteiger partial charge on any atom is -0.481 e. The Labute approximate surface area is 164 Å². The molecule has 0 atom stereocenters. The Hall–Kier alpha value is -3.59. The molecule has 4 heterocycles. The fourth-order valence-corrected chi connectivity index (χ4v) is 3.32. The number of thiazole rings is 1. The van der Waals surface area contributed by atoms with Gasteiger partial charge >= 0.3 is 0 Å². The van der Waals surface area contributed by atoms with Gasteiger partial charge in [0.05, 0.1) is 19.0 Å². The molecule has 4 aromatic heterocycles. The Balaban J connectivity index is 1.57. The minimum absolute atomic E-state index is 0.291. The summed E-state index contributed by atoms with van der Waals surface area (Å²) in [7, 11) is 1.52. The van der Waals surface area contributed by atoms with E-state index < -0.39 is 0 Å². The van der Waals surface area contributed by atoms with Gasteiger partial charge in [0.25, 0.3) is 5.91 Å². The molecule has 4 aromatic rings. The van der Waals surface area contributed by atoms with Gasteiger partial charge < -0.3 is 9.26 Å². The second kappa shape index (κ2) is 7.57. The standard InChI is InChI=1S/C19H15N5O3S/c1-11-4-3-6-21-16(11)14-10-28-19(23-14)24-18(25)13-9-22-27-17(13)12-5-7-20-15(8-12)26-2/h3-10H,1-2H3,(H,23,24,25). The van der Waals surface area contributed by atoms with Crippen molar-refractivity contribution in [2.75, 3.05) is 12.4 Å². The van der Waals surface area contributed by atoms with E-state index in [-0.39, 0.29) is 5.91 Å². The summed E-state index contributed by atoms with van der Waals surface area (Å²) in [6.45, 7) is 1.96. The lowest BCUT2D eigenvalue weighted by Gasteiger charge is -2.03. The minimum atomic E-state index is -0.370. The van der Waals surface area contributed by atoms with E-state index in [1.807, 2.05) is 24.4 Å². The van der Waals surface area contributed by atoms with Crippen molar-refractivity contribution in [2.45, 2.75) is 6.92 Å². The van der Waals surface area contributed by atoms with Gasteiger partial charge in [-0.05, 0) is 24.6 Å². The van der Waals surface area contributed by atoms with E-state index in [2.05, 4.69) is 25.4 Å². The highest BCUT2D eigenvalue weighted by atomic mass is 32.1. The third kappa shape index (κ3) is 3.47. The van der Waals surface area contributed by atoms with Gasteiger partial charge in [0.2, 0.25) is 5.88 Å². The van der Waals surface area contributed by atoms with Crippen LogP contribution in [-0.2, 0) is 0 Å². The first-order valence-corrected chi connectivity index (χ1v) is 9.17. The van der Waals surface area contributed by atoms with Crippen LogP contribution in [0.15, 0.2) is 52.8 Å². The van der Waals surface area contributed by atoms with Gasteiger partial charge in [0, 0.05) is 29.4 Å². The Morgan fingerprint density at radius 3 is 2.96 bits per heavy atom. The molecule has 28 heavy (non-hydrogen) atoms. The number of nitrogens with zero attached hydrogens (tertiary/aromatic N) is 4. The number of carbonyl (C=O) groups excluding carboxylic acids is 1. The Bertz CT molecular complexity index is 1140. The molecule has 0 bridgehead atoms. The summed E-state index contributed by atoms with van der Waals surface area (Å²) in [6, 6.07) is 7.22. The lowest BCUT2D eigenvalue weighted by molar-refractivity contribution is 0.102. The fourth-order valence-electron chi connectivity index (χ4n) is 2.63. The lowest BCUT2D eigenvalue weighted by Crippen LogP contribution is -2.12. The molecule has 0 aliphatic carbocycles. The molecule has 0 fully saturated rings. The Kier molecular flexibility index (Phi) is 4.81. The van der Waals surface area contributed by atoms with Crippen LogP contribution in [0, 0.1) is 6.92 Å². The van der Waals surface area contributed by atoms with Gasteiger partial charge in [-0.15, -0.1) is 11.3 Å². The molecule has 1 N–H and O–H groups in total. The van der Waals surface area contributed by atoms with Gasteiger partial charge in [-0.25, -0.2) is 9.97 Å². The number of aryl methyl sites for hydroxylation is 1. The number of carbonyl (C=O) groups is 1. The first-order valence-electron chi connectivity index (χ1n) is 8.29. The monoisotopic (exact) mass is 393 g/mol. The van der Waals surface area contributed by atoms with Crippen LogP contribution in [0.3, 0.4) is 0 Å². The highest BCUT2D eigenvalue weighted by molar-refractivity contribution is 7.14. The molecule has 8 nitrogen and oxygen atoms in total. The number of methoxy groups -OCH3 is 1. The van der Waals surface area contributed by atoms with Crippen molar-refractivity contribution in [2.24, 2.45) is 0 Å². The fraction of sp³-hybridized carbons (Fsp3) is 0.105. The highest BCUT2D eigenvalue weighted by Crippen LogP contribution is 2.28. The summed E-state index contributed by atoms with van der Waals surface area (Å²) in [6.07, 6.45) is 4.65. The van der Waals surface area contributed by atoms with Crippen LogP contribution in [0.1, 0.15) is 15.9 Å². The van der Waals surface area contributed by atoms with Crippen molar-refractivity contribution in [3.05, 3.63) is 59.4 Å². The van der Waals surface area contributed by atoms with E-state index in [0.717, 1.165) is 11.3 Å². The number of hydrogen-bond acceptors (Lipinski definition) is 8. The summed E-state index contributed by atoms with van der Waals surface area (Å²) < 4.78 is 10.4. The third-order valence-corrected chi connectivity index (χ3v) is 4.76. The van der Waals surface area contributed by atoms with Gasteiger partial charge in [0.1, 0.15) is 11.3 Å². The van der Waals surface area contributed by atoms with Crippen molar-refractivity contribution in [3.63, 3.8) is 0 Å². The van der Waals surface area contributed by atoms with Gasteiger partial charge in [-0.3, -0.25) is 15.1 Å². The van der Waals surface area contributed by atoms with E-state index in [4.69, 9.17) is 9.26 Å². The van der Waals surface area contributed by atoms with Crippen molar-refractivity contribution >= 4 is 22.4 Å². The number of amides is 1. The van der Waals surface area contributed by atoms with E-state index in [9.17, 15) is 4.79 Å². The zero-order valence-electron chi connectivity index (χ0n) is 15.0. The smallest absolute Gasteiger partial charge is 0.263 e. The summed E-state index contributed by atoms with van der Waals surface area (Å²) in [5.74, 6) is 0.372. The average molecular weight is 393 g/mol. The van der Waals surface area contributed by atoms with Crippen molar-refractivity contribution in [3.8, 4) is 28.6 Å². The summed E-state index contributed by atoms with van der Waals surface area (Å²) in [4.78, 5) is 25.6. The predicted octanol–water partition coefficient (Wildman–Crippen LogP) is 3.82. The lowest BCUT2D eigenvalue weighted by atomic mass is 10.1. The molecule has 0 saturated carbocycles. The number of ether oxygens (including phenoxy) is 1. The first-order chi connectivity index (χ1) is 13.7. The topological polar surface area (TPSA) is 103 Å². The number of nitrogens with one attached hydrogen (secondary N) is 1. The molecule has 9 heteroatoms. The molecule has 0 radical (unpaired) electrons. The predicted molar refractivity (Wildman–Crippen MR) is 104 cm³/mol. The molecule has 0 unspecified atom stereocenters. The molecular weight excluding hydrogens is 378 g/mol. The van der Waals surface area contributed by atoms with Crippen molar-refractivity contribution < 1.29 is 14.1 Å². The first kappa shape index (κ1) is 17.8. The van der Waals surface area contributed by atoms with E-state index in [1.165, 1.54) is 24.6 Å². The molecule has 0 aromatic carbocycles. The summed E-state index contributed by atoms with van der Waals surface area (Å²) in [5, 5.41) is 8.86. The van der Waals surface area contributed by atoms with Crippen molar-refractivity contribution in [1.82, 2.24) is 20.1 Å². The van der Waals surface area contributed by atoms with Crippen LogP contribution in [0.2, 0.25) is 0 Å². The zero-order valence-corrected chi connectivity index (χ0v) is 15.9. The molecule has 1 amide bonds. The largest absolute Gasteiger partial charge is 0.481 e. The van der Waals surface area contributed by atoms with Gasteiger partial charge in [-0.2, -0.15) is 0 Å². The number of aromatic nitrogens is 4. The summed E-state index contributed by atoms with van der Waals surface area (Å²) in [5.41, 5.74) is 3.44. The van der Waals surface area contributed by atoms with Gasteiger partial charge in [-0.1, -0.05) is 11.2 Å². The van der Waals surface area contributed by atoms with E-state index in [0.29, 0.717) is 33.6 Å².